The van der Waals surface area contributed by atoms with Crippen LogP contribution in [0.2, 0.25) is 0 Å². The third-order valence-corrected chi connectivity index (χ3v) is 4.28. The zero-order chi connectivity index (χ0) is 16.9. The first kappa shape index (κ1) is 16.3. The van der Waals surface area contributed by atoms with Gasteiger partial charge >= 0.3 is 0 Å². The zero-order valence-electron chi connectivity index (χ0n) is 14.0. The molecular weight excluding hydrogens is 302 g/mol. The first-order valence-electron chi connectivity index (χ1n) is 8.57. The number of unbranched alkanes of at least 4 members (excludes halogenated alkanes) is 1. The van der Waals surface area contributed by atoms with E-state index < -0.39 is 0 Å². The molecule has 0 saturated heterocycles. The molecule has 2 aromatic heterocycles. The molecule has 24 heavy (non-hydrogen) atoms. The Morgan fingerprint density at radius 2 is 1.79 bits per heavy atom. The molecule has 0 aliphatic rings. The Labute approximate surface area is 140 Å². The topological polar surface area (TPSA) is 55.5 Å². The summed E-state index contributed by atoms with van der Waals surface area (Å²) in [6.07, 6.45) is 5.07. The van der Waals surface area contributed by atoms with Crippen molar-refractivity contribution in [3.8, 4) is 0 Å². The van der Waals surface area contributed by atoms with Crippen molar-refractivity contribution in [2.45, 2.75) is 39.2 Å². The molecule has 2 heterocycles. The van der Waals surface area contributed by atoms with E-state index in [-0.39, 0.29) is 11.5 Å². The van der Waals surface area contributed by atoms with Gasteiger partial charge in [0, 0.05) is 25.7 Å². The van der Waals surface area contributed by atoms with E-state index in [1.165, 1.54) is 0 Å². The van der Waals surface area contributed by atoms with Crippen molar-refractivity contribution in [3.63, 3.8) is 0 Å². The van der Waals surface area contributed by atoms with E-state index in [4.69, 9.17) is 0 Å². The number of aromatic nitrogens is 2. The van der Waals surface area contributed by atoms with Gasteiger partial charge in [0.1, 0.15) is 5.52 Å². The highest BCUT2D eigenvalue weighted by atomic mass is 16.1. The number of carbonyl (C=O) groups excluding carboxylic acids is 1. The van der Waals surface area contributed by atoms with Crippen molar-refractivity contribution in [1.29, 1.82) is 0 Å². The molecule has 0 bridgehead atoms. The highest BCUT2D eigenvalue weighted by molar-refractivity contribution is 5.79. The molecule has 0 fully saturated rings. The van der Waals surface area contributed by atoms with E-state index in [0.717, 1.165) is 30.4 Å². The van der Waals surface area contributed by atoms with Crippen LogP contribution in [-0.4, -0.2) is 21.4 Å². The van der Waals surface area contributed by atoms with Gasteiger partial charge in [-0.3, -0.25) is 9.59 Å². The Morgan fingerprint density at radius 1 is 1.04 bits per heavy atom. The number of nitrogens with one attached hydrogen (secondary N) is 1. The number of amides is 1. The summed E-state index contributed by atoms with van der Waals surface area (Å²) in [5.41, 5.74) is 2.56. The fraction of sp³-hybridized carbons (Fsp3) is 0.368. The predicted molar refractivity (Wildman–Crippen MR) is 96.3 cm³/mol. The highest BCUT2D eigenvalue weighted by Crippen LogP contribution is 2.15. The molecule has 1 N–H and O–H groups in total. The molecule has 3 aromatic rings. The number of carbonyl (C=O) groups is 1. The summed E-state index contributed by atoms with van der Waals surface area (Å²) < 4.78 is 3.70. The summed E-state index contributed by atoms with van der Waals surface area (Å²) in [5.74, 6) is 0.0598. The second-order valence-electron chi connectivity index (χ2n) is 6.02. The lowest BCUT2D eigenvalue weighted by molar-refractivity contribution is -0.121. The van der Waals surface area contributed by atoms with Crippen LogP contribution in [0.1, 0.15) is 32.6 Å². The van der Waals surface area contributed by atoms with Gasteiger partial charge in [-0.2, -0.15) is 0 Å². The largest absolute Gasteiger partial charge is 0.356 e. The van der Waals surface area contributed by atoms with E-state index in [9.17, 15) is 9.59 Å². The Kier molecular flexibility index (Phi) is 4.99. The van der Waals surface area contributed by atoms with E-state index in [1.54, 1.807) is 4.57 Å². The van der Waals surface area contributed by atoms with Crippen LogP contribution >= 0.6 is 0 Å². The molecule has 1 aromatic carbocycles. The number of para-hydroxylation sites is 2. The molecule has 3 rings (SSSR count). The summed E-state index contributed by atoms with van der Waals surface area (Å²) >= 11 is 0. The van der Waals surface area contributed by atoms with Crippen molar-refractivity contribution < 1.29 is 4.79 Å². The van der Waals surface area contributed by atoms with E-state index in [1.807, 2.05) is 47.0 Å². The second kappa shape index (κ2) is 7.34. The standard InChI is InChI=1S/C19H23N3O2/c1-2-3-12-20-18(23)11-7-14-22-16-9-5-4-8-15(16)21-13-6-10-17(21)19(22)24/h4-6,8-10,13H,2-3,7,11-12,14H2,1H3,(H,20,23). The minimum atomic E-state index is -0.00917. The predicted octanol–water partition coefficient (Wildman–Crippen LogP) is 2.95. The van der Waals surface area contributed by atoms with Gasteiger partial charge in [-0.15, -0.1) is 0 Å². The average molecular weight is 325 g/mol. The van der Waals surface area contributed by atoms with Gasteiger partial charge in [0.25, 0.3) is 5.56 Å². The van der Waals surface area contributed by atoms with Crippen LogP contribution < -0.4 is 10.9 Å². The number of aryl methyl sites for hydroxylation is 1. The van der Waals surface area contributed by atoms with Crippen LogP contribution in [0.5, 0.6) is 0 Å². The Hall–Kier alpha value is -2.56. The van der Waals surface area contributed by atoms with Crippen LogP contribution in [0.25, 0.3) is 16.6 Å². The maximum absolute atomic E-state index is 12.7. The SMILES string of the molecule is CCCCNC(=O)CCCn1c(=O)c2cccn2c2ccccc21. The number of fused-ring (bicyclic) bond motifs is 3. The fourth-order valence-corrected chi connectivity index (χ4v) is 3.02. The number of rotatable bonds is 7. The molecule has 1 amide bonds. The third-order valence-electron chi connectivity index (χ3n) is 4.28. The highest BCUT2D eigenvalue weighted by Gasteiger charge is 2.10. The Balaban J connectivity index is 1.80. The van der Waals surface area contributed by atoms with Crippen LogP contribution in [-0.2, 0) is 11.3 Å². The van der Waals surface area contributed by atoms with Gasteiger partial charge in [0.05, 0.1) is 11.0 Å². The summed E-state index contributed by atoms with van der Waals surface area (Å²) in [6.45, 7) is 3.37. The third kappa shape index (κ3) is 3.20. The molecule has 5 heteroatoms. The summed E-state index contributed by atoms with van der Waals surface area (Å²) in [6, 6.07) is 11.6. The first-order chi connectivity index (χ1) is 11.7. The molecule has 5 nitrogen and oxygen atoms in total. The van der Waals surface area contributed by atoms with E-state index in [0.29, 0.717) is 24.9 Å². The molecule has 126 valence electrons. The Morgan fingerprint density at radius 3 is 2.58 bits per heavy atom. The zero-order valence-corrected chi connectivity index (χ0v) is 14.0. The molecular formula is C19H23N3O2. The molecule has 0 aliphatic heterocycles. The molecule has 0 aliphatic carbocycles. The lowest BCUT2D eigenvalue weighted by Gasteiger charge is -2.12. The van der Waals surface area contributed by atoms with E-state index >= 15 is 0 Å². The number of benzene rings is 1. The van der Waals surface area contributed by atoms with Gasteiger partial charge in [0.15, 0.2) is 0 Å². The molecule has 0 atom stereocenters. The van der Waals surface area contributed by atoms with Crippen molar-refractivity contribution >= 4 is 22.5 Å². The fourth-order valence-electron chi connectivity index (χ4n) is 3.02. The van der Waals surface area contributed by atoms with Crippen LogP contribution in [0.4, 0.5) is 0 Å². The number of nitrogens with zero attached hydrogens (tertiary/aromatic N) is 2. The average Bonchev–Trinajstić information content (AvgIpc) is 3.08. The summed E-state index contributed by atoms with van der Waals surface area (Å²) in [5, 5.41) is 2.92. The van der Waals surface area contributed by atoms with Gasteiger partial charge in [0.2, 0.25) is 5.91 Å². The van der Waals surface area contributed by atoms with Crippen molar-refractivity contribution in [1.82, 2.24) is 14.3 Å². The maximum atomic E-state index is 12.7. The van der Waals surface area contributed by atoms with Gasteiger partial charge in [-0.05, 0) is 37.1 Å². The number of hydrogen-bond acceptors (Lipinski definition) is 2. The first-order valence-corrected chi connectivity index (χ1v) is 8.57. The molecule has 0 unspecified atom stereocenters. The van der Waals surface area contributed by atoms with Gasteiger partial charge in [-0.25, -0.2) is 0 Å². The van der Waals surface area contributed by atoms with E-state index in [2.05, 4.69) is 12.2 Å². The molecule has 0 saturated carbocycles. The summed E-state index contributed by atoms with van der Waals surface area (Å²) in [4.78, 5) is 24.6. The normalized spacial score (nSPS) is 11.2. The second-order valence-corrected chi connectivity index (χ2v) is 6.02. The Bertz CT molecular complexity index is 908. The smallest absolute Gasteiger partial charge is 0.275 e. The van der Waals surface area contributed by atoms with Crippen molar-refractivity contribution in [3.05, 3.63) is 52.9 Å². The minimum absolute atomic E-state index is 0.00917. The lowest BCUT2D eigenvalue weighted by atomic mass is 10.2. The quantitative estimate of drug-likeness (QED) is 0.679. The lowest BCUT2D eigenvalue weighted by Crippen LogP contribution is -2.26. The van der Waals surface area contributed by atoms with Crippen LogP contribution in [0.15, 0.2) is 47.4 Å². The number of hydrogen-bond donors (Lipinski definition) is 1. The maximum Gasteiger partial charge on any atom is 0.275 e. The van der Waals surface area contributed by atoms with Crippen molar-refractivity contribution in [2.75, 3.05) is 6.54 Å². The molecule has 0 spiro atoms. The summed E-state index contributed by atoms with van der Waals surface area (Å²) in [7, 11) is 0. The van der Waals surface area contributed by atoms with Gasteiger partial charge in [-0.1, -0.05) is 25.5 Å². The van der Waals surface area contributed by atoms with Gasteiger partial charge < -0.3 is 14.3 Å². The minimum Gasteiger partial charge on any atom is -0.356 e. The van der Waals surface area contributed by atoms with Crippen molar-refractivity contribution in [2.24, 2.45) is 0 Å². The molecule has 0 radical (unpaired) electrons. The van der Waals surface area contributed by atoms with Crippen LogP contribution in [0, 0.1) is 0 Å². The monoisotopic (exact) mass is 325 g/mol. The van der Waals surface area contributed by atoms with Crippen LogP contribution in [0.3, 0.4) is 0 Å².